The molecule has 1 aliphatic heterocycles. The lowest BCUT2D eigenvalue weighted by Gasteiger charge is -2.35. The molecular weight excluding hydrogens is 564 g/mol. The van der Waals surface area contributed by atoms with Gasteiger partial charge < -0.3 is 15.0 Å². The Kier molecular flexibility index (Phi) is 12.0. The number of hydrogen-bond donors (Lipinski definition) is 1. The molecule has 0 radical (unpaired) electrons. The van der Waals surface area contributed by atoms with E-state index in [1.165, 1.54) is 18.2 Å². The minimum Gasteiger partial charge on any atom is -0.469 e. The Morgan fingerprint density at radius 2 is 1.60 bits per heavy atom. The lowest BCUT2D eigenvalue weighted by atomic mass is 9.72. The number of aryl methyl sites for hydroxylation is 1. The summed E-state index contributed by atoms with van der Waals surface area (Å²) in [5.41, 5.74) is 4.97. The van der Waals surface area contributed by atoms with Crippen LogP contribution in [0.25, 0.3) is 11.1 Å². The van der Waals surface area contributed by atoms with Crippen molar-refractivity contribution in [2.45, 2.75) is 63.8 Å². The van der Waals surface area contributed by atoms with Gasteiger partial charge in [0, 0.05) is 30.1 Å². The van der Waals surface area contributed by atoms with E-state index in [0.717, 1.165) is 68.4 Å². The van der Waals surface area contributed by atoms with Crippen molar-refractivity contribution in [3.05, 3.63) is 95.6 Å². The van der Waals surface area contributed by atoms with E-state index in [1.54, 1.807) is 0 Å². The largest absolute Gasteiger partial charge is 0.469 e. The summed E-state index contributed by atoms with van der Waals surface area (Å²) in [7, 11) is 1.47. The molecule has 0 saturated carbocycles. The maximum absolute atomic E-state index is 13.3. The topological polar surface area (TPSA) is 58.6 Å². The van der Waals surface area contributed by atoms with Gasteiger partial charge in [0.2, 0.25) is 0 Å². The van der Waals surface area contributed by atoms with Crippen LogP contribution >= 0.6 is 17.0 Å². The third kappa shape index (κ3) is 8.05. The molecule has 0 spiro atoms. The number of methoxy groups -OCH3 is 1. The standard InChI is InChI=1S/C34H42N2O3.BrH/c1-4-34(25-32(37)39-3,28-11-6-5-7-12-28)21-10-22-36-23-19-29(20-24-36)35-33(38)31-14-9-8-13-30(31)27-17-15-26(2)16-18-27;/h5-9,11-18,29H,4,10,19-25H2,1-3H3,(H,35,38);1H. The number of ether oxygens (including phenoxy) is 1. The van der Waals surface area contributed by atoms with Crippen LogP contribution in [0.15, 0.2) is 78.9 Å². The van der Waals surface area contributed by atoms with Crippen molar-refractivity contribution in [3.8, 4) is 11.1 Å². The summed E-state index contributed by atoms with van der Waals surface area (Å²) < 4.78 is 5.05. The Hall–Kier alpha value is -2.96. The Labute approximate surface area is 250 Å². The highest BCUT2D eigenvalue weighted by Crippen LogP contribution is 2.37. The number of carbonyl (C=O) groups is 2. The smallest absolute Gasteiger partial charge is 0.306 e. The highest BCUT2D eigenvalue weighted by Gasteiger charge is 2.33. The molecule has 0 bridgehead atoms. The minimum atomic E-state index is -0.203. The van der Waals surface area contributed by atoms with Gasteiger partial charge in [-0.3, -0.25) is 9.59 Å². The van der Waals surface area contributed by atoms with Crippen LogP contribution in [-0.2, 0) is 14.9 Å². The Balaban J connectivity index is 0.00000441. The van der Waals surface area contributed by atoms with Gasteiger partial charge in [-0.05, 0) is 68.3 Å². The van der Waals surface area contributed by atoms with Gasteiger partial charge in [-0.25, -0.2) is 0 Å². The zero-order valence-corrected chi connectivity index (χ0v) is 25.7. The number of nitrogens with one attached hydrogen (secondary N) is 1. The van der Waals surface area contributed by atoms with Gasteiger partial charge >= 0.3 is 5.97 Å². The third-order valence-electron chi connectivity index (χ3n) is 8.36. The minimum absolute atomic E-state index is 0. The number of likely N-dealkylation sites (tertiary alicyclic amines) is 1. The van der Waals surface area contributed by atoms with E-state index in [4.69, 9.17) is 4.74 Å². The Morgan fingerprint density at radius 3 is 2.25 bits per heavy atom. The molecule has 3 aromatic carbocycles. The third-order valence-corrected chi connectivity index (χ3v) is 8.36. The molecule has 1 aliphatic rings. The van der Waals surface area contributed by atoms with Crippen LogP contribution in [0.5, 0.6) is 0 Å². The first-order chi connectivity index (χ1) is 18.9. The summed E-state index contributed by atoms with van der Waals surface area (Å²) in [6.07, 6.45) is 5.14. The quantitative estimate of drug-likeness (QED) is 0.236. The Bertz CT molecular complexity index is 1220. The molecule has 1 saturated heterocycles. The number of rotatable bonds is 11. The second kappa shape index (κ2) is 15.2. The predicted octanol–water partition coefficient (Wildman–Crippen LogP) is 7.13. The lowest BCUT2D eigenvalue weighted by molar-refractivity contribution is -0.142. The molecule has 0 aromatic heterocycles. The molecule has 5 nitrogen and oxygen atoms in total. The highest BCUT2D eigenvalue weighted by atomic mass is 79.9. The van der Waals surface area contributed by atoms with E-state index in [2.05, 4.69) is 72.6 Å². The van der Waals surface area contributed by atoms with Crippen molar-refractivity contribution in [3.63, 3.8) is 0 Å². The number of piperidine rings is 1. The second-order valence-electron chi connectivity index (χ2n) is 10.9. The van der Waals surface area contributed by atoms with Crippen LogP contribution in [0.4, 0.5) is 0 Å². The van der Waals surface area contributed by atoms with Gasteiger partial charge in [0.05, 0.1) is 13.5 Å². The summed E-state index contributed by atoms with van der Waals surface area (Å²) >= 11 is 0. The molecule has 1 heterocycles. The van der Waals surface area contributed by atoms with E-state index in [-0.39, 0.29) is 40.3 Å². The van der Waals surface area contributed by atoms with E-state index < -0.39 is 0 Å². The van der Waals surface area contributed by atoms with Gasteiger partial charge in [-0.1, -0.05) is 85.3 Å². The summed E-state index contributed by atoms with van der Waals surface area (Å²) in [6, 6.07) is 26.8. The molecule has 1 atom stereocenters. The van der Waals surface area contributed by atoms with Crippen LogP contribution in [0, 0.1) is 6.92 Å². The fraction of sp³-hybridized carbons (Fsp3) is 0.412. The number of esters is 1. The molecular formula is C34H43BrN2O3. The monoisotopic (exact) mass is 606 g/mol. The number of carbonyl (C=O) groups excluding carboxylic acids is 2. The predicted molar refractivity (Wildman–Crippen MR) is 168 cm³/mol. The summed E-state index contributed by atoms with van der Waals surface area (Å²) in [5.74, 6) is -0.149. The van der Waals surface area contributed by atoms with Gasteiger partial charge in [-0.2, -0.15) is 0 Å². The number of amides is 1. The van der Waals surface area contributed by atoms with Gasteiger partial charge in [0.15, 0.2) is 0 Å². The average Bonchev–Trinajstić information content (AvgIpc) is 2.98. The van der Waals surface area contributed by atoms with Crippen molar-refractivity contribution in [2.75, 3.05) is 26.7 Å². The molecule has 40 heavy (non-hydrogen) atoms. The molecule has 1 unspecified atom stereocenters. The number of halogens is 1. The normalized spacial score (nSPS) is 15.5. The molecule has 1 fully saturated rings. The summed E-state index contributed by atoms with van der Waals surface area (Å²) in [6.45, 7) is 7.16. The number of benzene rings is 3. The number of nitrogens with zero attached hydrogens (tertiary/aromatic N) is 1. The molecule has 3 aromatic rings. The van der Waals surface area contributed by atoms with Crippen molar-refractivity contribution in [2.24, 2.45) is 0 Å². The second-order valence-corrected chi connectivity index (χ2v) is 10.9. The van der Waals surface area contributed by atoms with Crippen molar-refractivity contribution in [1.82, 2.24) is 10.2 Å². The first-order valence-electron chi connectivity index (χ1n) is 14.3. The zero-order valence-electron chi connectivity index (χ0n) is 24.0. The molecule has 4 rings (SSSR count). The van der Waals surface area contributed by atoms with E-state index in [1.807, 2.05) is 30.3 Å². The SMILES string of the molecule is Br.CCC(CCCN1CCC(NC(=O)c2ccccc2-c2ccc(C)cc2)CC1)(CC(=O)OC)c1ccccc1. The van der Waals surface area contributed by atoms with E-state index in [9.17, 15) is 9.59 Å². The molecule has 214 valence electrons. The van der Waals surface area contributed by atoms with Gasteiger partial charge in [0.25, 0.3) is 5.91 Å². The van der Waals surface area contributed by atoms with Crippen molar-refractivity contribution in [1.29, 1.82) is 0 Å². The molecule has 1 N–H and O–H groups in total. The maximum Gasteiger partial charge on any atom is 0.306 e. The van der Waals surface area contributed by atoms with E-state index in [0.29, 0.717) is 6.42 Å². The van der Waals surface area contributed by atoms with Crippen molar-refractivity contribution < 1.29 is 14.3 Å². The lowest BCUT2D eigenvalue weighted by Crippen LogP contribution is -2.45. The zero-order chi connectivity index (χ0) is 27.7. The summed E-state index contributed by atoms with van der Waals surface area (Å²) in [4.78, 5) is 28.0. The highest BCUT2D eigenvalue weighted by molar-refractivity contribution is 8.93. The van der Waals surface area contributed by atoms with Gasteiger partial charge in [0.1, 0.15) is 0 Å². The van der Waals surface area contributed by atoms with Crippen LogP contribution in [0.1, 0.15) is 66.9 Å². The van der Waals surface area contributed by atoms with Crippen LogP contribution in [0.3, 0.4) is 0 Å². The number of hydrogen-bond acceptors (Lipinski definition) is 4. The van der Waals surface area contributed by atoms with Crippen LogP contribution in [0.2, 0.25) is 0 Å². The maximum atomic E-state index is 13.3. The molecule has 1 amide bonds. The van der Waals surface area contributed by atoms with E-state index >= 15 is 0 Å². The average molecular weight is 608 g/mol. The van der Waals surface area contributed by atoms with Crippen molar-refractivity contribution >= 4 is 28.9 Å². The van der Waals surface area contributed by atoms with Crippen LogP contribution < -0.4 is 5.32 Å². The first kappa shape index (κ1) is 31.6. The molecule has 6 heteroatoms. The summed E-state index contributed by atoms with van der Waals surface area (Å²) in [5, 5.41) is 3.30. The Morgan fingerprint density at radius 1 is 0.950 bits per heavy atom. The first-order valence-corrected chi connectivity index (χ1v) is 14.3. The fourth-order valence-corrected chi connectivity index (χ4v) is 5.85. The van der Waals surface area contributed by atoms with Gasteiger partial charge in [-0.15, -0.1) is 17.0 Å². The fourth-order valence-electron chi connectivity index (χ4n) is 5.85. The molecule has 0 aliphatic carbocycles. The van der Waals surface area contributed by atoms with Crippen LogP contribution in [-0.4, -0.2) is 49.6 Å².